The van der Waals surface area contributed by atoms with Crippen molar-refractivity contribution >= 4 is 35.8 Å². The largest absolute Gasteiger partial charge is 0.508 e. The summed E-state index contributed by atoms with van der Waals surface area (Å²) >= 11 is 0. The van der Waals surface area contributed by atoms with Gasteiger partial charge >= 0.3 is 18.0 Å². The van der Waals surface area contributed by atoms with Crippen molar-refractivity contribution in [2.75, 3.05) is 6.61 Å². The van der Waals surface area contributed by atoms with E-state index in [1.807, 2.05) is 5.32 Å². The number of aliphatic hydroxyl groups excluding tert-OH is 3. The topological polar surface area (TPSA) is 284 Å². The molecule has 1 heterocycles. The minimum Gasteiger partial charge on any atom is -0.508 e. The first kappa shape index (κ1) is 34.8. The van der Waals surface area contributed by atoms with Gasteiger partial charge in [-0.25, -0.2) is 9.59 Å². The maximum atomic E-state index is 13.4. The molecule has 0 fully saturated rings. The minimum atomic E-state index is -1.89. The number of carboxylic acid groups (broad SMARTS) is 1. The number of benzene rings is 2. The highest BCUT2D eigenvalue weighted by atomic mass is 16.6. The second kappa shape index (κ2) is 15.9. The lowest BCUT2D eigenvalue weighted by Gasteiger charge is -2.25. The molecule has 4 amide bonds. The third-order valence-corrected chi connectivity index (χ3v) is 6.60. The Morgan fingerprint density at radius 1 is 0.848 bits per heavy atom. The van der Waals surface area contributed by atoms with Crippen molar-refractivity contribution in [3.63, 3.8) is 0 Å². The highest BCUT2D eigenvalue weighted by Gasteiger charge is 2.42. The van der Waals surface area contributed by atoms with Gasteiger partial charge in [-0.05, 0) is 23.3 Å². The van der Waals surface area contributed by atoms with Gasteiger partial charge in [-0.1, -0.05) is 42.5 Å². The second-order valence-corrected chi connectivity index (χ2v) is 10.1. The number of cyclic esters (lactones) is 1. The summed E-state index contributed by atoms with van der Waals surface area (Å²) in [5, 5.41) is 54.5. The maximum absolute atomic E-state index is 13.4. The van der Waals surface area contributed by atoms with E-state index in [9.17, 15) is 49.2 Å². The van der Waals surface area contributed by atoms with E-state index in [2.05, 4.69) is 15.4 Å². The summed E-state index contributed by atoms with van der Waals surface area (Å²) in [5.74, 6) is -8.02. The van der Waals surface area contributed by atoms with Gasteiger partial charge in [-0.2, -0.15) is 0 Å². The molecule has 17 nitrogen and oxygen atoms in total. The zero-order valence-corrected chi connectivity index (χ0v) is 24.0. The lowest BCUT2D eigenvalue weighted by molar-refractivity contribution is -0.147. The van der Waals surface area contributed by atoms with Crippen LogP contribution in [0.5, 0.6) is 5.75 Å². The average Bonchev–Trinajstić information content (AvgIpc) is 3.29. The number of carboxylic acids is 1. The molecule has 10 N–H and O–H groups in total. The molecule has 1 aliphatic rings. The molecule has 0 saturated heterocycles. The number of ether oxygens (including phenoxy) is 2. The number of hydrogen-bond donors (Lipinski definition) is 9. The first-order valence-corrected chi connectivity index (χ1v) is 13.6. The SMILES string of the molecule is NC(=O)[C@H](Cc1ccc(O)cc1)NC(=O)[C@H](Cc1ccccc1)NC(=O)[C@H](CC(=O)O)NC(=O)OC1=C(O)C(=O)OC1C(O)CO. The van der Waals surface area contributed by atoms with Crippen LogP contribution in [0.15, 0.2) is 66.1 Å². The van der Waals surface area contributed by atoms with Crippen molar-refractivity contribution in [2.45, 2.75) is 49.6 Å². The van der Waals surface area contributed by atoms with Crippen LogP contribution in [-0.4, -0.2) is 98.2 Å². The fraction of sp³-hybridized carbons (Fsp3) is 0.310. The van der Waals surface area contributed by atoms with Crippen LogP contribution in [0.2, 0.25) is 0 Å². The molecule has 3 rings (SSSR count). The molecular formula is C29H32N4O13. The molecule has 0 bridgehead atoms. The van der Waals surface area contributed by atoms with Gasteiger partial charge in [-0.15, -0.1) is 0 Å². The van der Waals surface area contributed by atoms with Gasteiger partial charge in [0.1, 0.15) is 30.0 Å². The number of nitrogens with one attached hydrogen (secondary N) is 3. The Hall–Kier alpha value is -5.68. The van der Waals surface area contributed by atoms with Crippen LogP contribution in [0.25, 0.3) is 0 Å². The van der Waals surface area contributed by atoms with E-state index in [1.165, 1.54) is 24.3 Å². The highest BCUT2D eigenvalue weighted by Crippen LogP contribution is 2.25. The Bertz CT molecular complexity index is 1480. The number of rotatable bonds is 15. The molecular weight excluding hydrogens is 612 g/mol. The summed E-state index contributed by atoms with van der Waals surface area (Å²) in [4.78, 5) is 74.7. The summed E-state index contributed by atoms with van der Waals surface area (Å²) in [6.07, 6.45) is -6.37. The Morgan fingerprint density at radius 3 is 2.00 bits per heavy atom. The van der Waals surface area contributed by atoms with Crippen LogP contribution >= 0.6 is 0 Å². The summed E-state index contributed by atoms with van der Waals surface area (Å²) in [6.45, 7) is -0.958. The predicted octanol–water partition coefficient (Wildman–Crippen LogP) is -1.75. The van der Waals surface area contributed by atoms with Crippen molar-refractivity contribution < 1.29 is 63.8 Å². The third-order valence-electron chi connectivity index (χ3n) is 6.60. The minimum absolute atomic E-state index is 0.0244. The Morgan fingerprint density at radius 2 is 1.41 bits per heavy atom. The molecule has 2 aromatic rings. The molecule has 46 heavy (non-hydrogen) atoms. The number of amides is 4. The summed E-state index contributed by atoms with van der Waals surface area (Å²) < 4.78 is 9.47. The number of phenolic OH excluding ortho intramolecular Hbond substituents is 1. The normalized spacial score (nSPS) is 16.7. The van der Waals surface area contributed by atoms with E-state index < -0.39 is 90.6 Å². The summed E-state index contributed by atoms with van der Waals surface area (Å²) in [7, 11) is 0. The predicted molar refractivity (Wildman–Crippen MR) is 153 cm³/mol. The number of nitrogens with two attached hydrogens (primary N) is 1. The van der Waals surface area contributed by atoms with Crippen molar-refractivity contribution in [3.8, 4) is 5.75 Å². The number of alkyl carbamates (subject to hydrolysis) is 1. The van der Waals surface area contributed by atoms with Gasteiger partial charge in [0.05, 0.1) is 13.0 Å². The van der Waals surface area contributed by atoms with Crippen molar-refractivity contribution in [2.24, 2.45) is 5.73 Å². The smallest absolute Gasteiger partial charge is 0.413 e. The fourth-order valence-corrected chi connectivity index (χ4v) is 4.27. The molecule has 0 aromatic heterocycles. The molecule has 0 saturated carbocycles. The number of esters is 1. The van der Waals surface area contributed by atoms with Crippen LogP contribution in [0.1, 0.15) is 17.5 Å². The zero-order valence-electron chi connectivity index (χ0n) is 24.0. The van der Waals surface area contributed by atoms with E-state index >= 15 is 0 Å². The van der Waals surface area contributed by atoms with E-state index in [0.29, 0.717) is 11.1 Å². The lowest BCUT2D eigenvalue weighted by Crippen LogP contribution is -2.57. The lowest BCUT2D eigenvalue weighted by atomic mass is 10.0. The Kier molecular flexibility index (Phi) is 12.0. The standard InChI is InChI=1S/C29H32N4O13/c30-25(40)17(10-15-6-8-16(35)9-7-15)31-26(41)18(11-14-4-2-1-3-5-14)32-27(42)19(12-21(37)38)33-29(44)46-24-22(39)28(43)45-23(24)20(36)13-34/h1-9,17-20,23,34-36,39H,10-13H2,(H2,30,40)(H,31,41)(H,32,42)(H,33,44)(H,37,38)/t17-,18-,19-,20?,23?/m0/s1. The van der Waals surface area contributed by atoms with E-state index in [4.69, 9.17) is 15.6 Å². The Balaban J connectivity index is 1.80. The molecule has 246 valence electrons. The maximum Gasteiger partial charge on any atom is 0.413 e. The summed E-state index contributed by atoms with van der Waals surface area (Å²) in [6, 6.07) is 9.51. The number of phenols is 1. The van der Waals surface area contributed by atoms with Gasteiger partial charge in [0, 0.05) is 12.8 Å². The number of aliphatic carboxylic acids is 1. The van der Waals surface area contributed by atoms with Gasteiger partial charge in [0.15, 0.2) is 6.10 Å². The number of carbonyl (C=O) groups excluding carboxylic acids is 5. The van der Waals surface area contributed by atoms with Crippen molar-refractivity contribution in [1.82, 2.24) is 16.0 Å². The number of aromatic hydroxyl groups is 1. The van der Waals surface area contributed by atoms with E-state index in [0.717, 1.165) is 0 Å². The fourth-order valence-electron chi connectivity index (χ4n) is 4.27. The van der Waals surface area contributed by atoms with E-state index in [1.54, 1.807) is 30.3 Å². The van der Waals surface area contributed by atoms with Gasteiger partial charge in [0.2, 0.25) is 29.2 Å². The van der Waals surface area contributed by atoms with Crippen LogP contribution in [0, 0.1) is 0 Å². The molecule has 2 unspecified atom stereocenters. The number of aliphatic hydroxyl groups is 3. The number of hydrogen-bond acceptors (Lipinski definition) is 12. The Labute approximate surface area is 260 Å². The zero-order chi connectivity index (χ0) is 34.0. The quantitative estimate of drug-likeness (QED) is 0.0974. The van der Waals surface area contributed by atoms with E-state index in [-0.39, 0.29) is 18.6 Å². The van der Waals surface area contributed by atoms with Crippen molar-refractivity contribution in [1.29, 1.82) is 0 Å². The highest BCUT2D eigenvalue weighted by molar-refractivity contribution is 5.95. The molecule has 5 atom stereocenters. The monoisotopic (exact) mass is 644 g/mol. The van der Waals surface area contributed by atoms with Crippen LogP contribution < -0.4 is 21.7 Å². The number of carbonyl (C=O) groups is 6. The molecule has 2 aromatic carbocycles. The number of primary amides is 1. The van der Waals surface area contributed by atoms with Crippen LogP contribution in [0.4, 0.5) is 4.79 Å². The van der Waals surface area contributed by atoms with Crippen LogP contribution in [-0.2, 0) is 46.3 Å². The second-order valence-electron chi connectivity index (χ2n) is 10.1. The van der Waals surface area contributed by atoms with Gasteiger partial charge < -0.3 is 56.7 Å². The van der Waals surface area contributed by atoms with Crippen molar-refractivity contribution in [3.05, 3.63) is 77.2 Å². The van der Waals surface area contributed by atoms with Gasteiger partial charge in [0.25, 0.3) is 0 Å². The molecule has 17 heteroatoms. The third kappa shape index (κ3) is 9.66. The molecule has 0 radical (unpaired) electrons. The first-order chi connectivity index (χ1) is 21.8. The molecule has 0 aliphatic carbocycles. The average molecular weight is 645 g/mol. The first-order valence-electron chi connectivity index (χ1n) is 13.6. The van der Waals surface area contributed by atoms with Gasteiger partial charge in [-0.3, -0.25) is 19.2 Å². The molecule has 1 aliphatic heterocycles. The molecule has 0 spiro atoms. The van der Waals surface area contributed by atoms with Crippen LogP contribution in [0.3, 0.4) is 0 Å². The summed E-state index contributed by atoms with van der Waals surface area (Å²) in [5.41, 5.74) is 6.60.